The van der Waals surface area contributed by atoms with Crippen molar-refractivity contribution in [2.75, 3.05) is 0 Å². The number of hydrogen-bond donors (Lipinski definition) is 0. The number of benzene rings is 1. The van der Waals surface area contributed by atoms with Gasteiger partial charge >= 0.3 is 6.18 Å². The lowest BCUT2D eigenvalue weighted by atomic mass is 10.1. The van der Waals surface area contributed by atoms with E-state index in [1.165, 1.54) is 0 Å². The molecular formula is C12H9BrF3N. The van der Waals surface area contributed by atoms with Crippen LogP contribution in [0.25, 0.3) is 10.9 Å². The number of aromatic nitrogens is 1. The largest absolute Gasteiger partial charge is 0.401 e. The molecule has 0 N–H and O–H groups in total. The SMILES string of the molecule is FC(F)(F)C(Br)Cc1ccc2ccccc2n1. The van der Waals surface area contributed by atoms with E-state index >= 15 is 0 Å². The van der Waals surface area contributed by atoms with Crippen LogP contribution in [0.4, 0.5) is 13.2 Å². The van der Waals surface area contributed by atoms with Gasteiger partial charge in [-0.15, -0.1) is 0 Å². The third-order valence-corrected chi connectivity index (χ3v) is 3.24. The number of fused-ring (bicyclic) bond motifs is 1. The van der Waals surface area contributed by atoms with Crippen molar-refractivity contribution >= 4 is 26.8 Å². The Kier molecular flexibility index (Phi) is 3.38. The topological polar surface area (TPSA) is 12.9 Å². The summed E-state index contributed by atoms with van der Waals surface area (Å²) in [6, 6.07) is 10.8. The van der Waals surface area contributed by atoms with Gasteiger partial charge in [-0.1, -0.05) is 40.2 Å². The Hall–Kier alpha value is -1.10. The maximum Gasteiger partial charge on any atom is 0.401 e. The first-order valence-corrected chi connectivity index (χ1v) is 5.94. The van der Waals surface area contributed by atoms with Gasteiger partial charge in [-0.25, -0.2) is 0 Å². The molecule has 1 aromatic heterocycles. The average molecular weight is 304 g/mol. The van der Waals surface area contributed by atoms with Crippen molar-refractivity contribution in [2.45, 2.75) is 17.4 Å². The van der Waals surface area contributed by atoms with Crippen molar-refractivity contribution in [1.29, 1.82) is 0 Å². The van der Waals surface area contributed by atoms with E-state index in [4.69, 9.17) is 0 Å². The molecule has 0 aliphatic rings. The maximum atomic E-state index is 12.4. The molecule has 0 radical (unpaired) electrons. The molecular weight excluding hydrogens is 295 g/mol. The molecule has 0 saturated heterocycles. The molecule has 0 fully saturated rings. The van der Waals surface area contributed by atoms with Crippen LogP contribution in [0.5, 0.6) is 0 Å². The molecule has 2 aromatic rings. The third kappa shape index (κ3) is 2.97. The highest BCUT2D eigenvalue weighted by Crippen LogP contribution is 2.29. The molecule has 1 heterocycles. The Morgan fingerprint density at radius 3 is 2.53 bits per heavy atom. The summed E-state index contributed by atoms with van der Waals surface area (Å²) in [6.45, 7) is 0. The minimum absolute atomic E-state index is 0.158. The lowest BCUT2D eigenvalue weighted by molar-refractivity contribution is -0.126. The highest BCUT2D eigenvalue weighted by atomic mass is 79.9. The number of hydrogen-bond acceptors (Lipinski definition) is 1. The van der Waals surface area contributed by atoms with Gasteiger partial charge in [0.25, 0.3) is 0 Å². The Bertz CT molecular complexity index is 524. The predicted molar refractivity (Wildman–Crippen MR) is 64.2 cm³/mol. The summed E-state index contributed by atoms with van der Waals surface area (Å²) in [7, 11) is 0. The number of alkyl halides is 4. The van der Waals surface area contributed by atoms with E-state index in [9.17, 15) is 13.2 Å². The lowest BCUT2D eigenvalue weighted by Gasteiger charge is -2.13. The number of pyridine rings is 1. The second-order valence-corrected chi connectivity index (χ2v) is 4.81. The number of rotatable bonds is 2. The van der Waals surface area contributed by atoms with E-state index < -0.39 is 11.0 Å². The van der Waals surface area contributed by atoms with E-state index in [-0.39, 0.29) is 6.42 Å². The van der Waals surface area contributed by atoms with Gasteiger partial charge in [0.15, 0.2) is 0 Å². The lowest BCUT2D eigenvalue weighted by Crippen LogP contribution is -2.25. The summed E-state index contributed by atoms with van der Waals surface area (Å²) in [5.41, 5.74) is 1.15. The van der Waals surface area contributed by atoms with Gasteiger partial charge in [0.05, 0.1) is 5.52 Å². The number of halogens is 4. The van der Waals surface area contributed by atoms with Crippen LogP contribution in [0.2, 0.25) is 0 Å². The van der Waals surface area contributed by atoms with E-state index in [2.05, 4.69) is 20.9 Å². The molecule has 5 heteroatoms. The van der Waals surface area contributed by atoms with Crippen LogP contribution in [0.15, 0.2) is 36.4 Å². The van der Waals surface area contributed by atoms with Gasteiger partial charge in [0.1, 0.15) is 4.83 Å². The van der Waals surface area contributed by atoms with Crippen LogP contribution in [0, 0.1) is 0 Å². The molecule has 1 unspecified atom stereocenters. The van der Waals surface area contributed by atoms with E-state index in [1.807, 2.05) is 18.2 Å². The molecule has 1 aromatic carbocycles. The zero-order valence-corrected chi connectivity index (χ0v) is 10.3. The summed E-state index contributed by atoms with van der Waals surface area (Å²) >= 11 is 2.63. The Morgan fingerprint density at radius 2 is 1.82 bits per heavy atom. The molecule has 0 amide bonds. The van der Waals surface area contributed by atoms with E-state index in [0.717, 1.165) is 5.39 Å². The smallest absolute Gasteiger partial charge is 0.253 e. The van der Waals surface area contributed by atoms with Gasteiger partial charge in [-0.3, -0.25) is 4.98 Å². The van der Waals surface area contributed by atoms with E-state index in [0.29, 0.717) is 11.2 Å². The van der Waals surface area contributed by atoms with Gasteiger partial charge in [0.2, 0.25) is 0 Å². The van der Waals surface area contributed by atoms with Crippen LogP contribution < -0.4 is 0 Å². The molecule has 2 rings (SSSR count). The minimum atomic E-state index is -4.24. The summed E-state index contributed by atoms with van der Waals surface area (Å²) in [5.74, 6) is 0. The fraction of sp³-hybridized carbons (Fsp3) is 0.250. The molecule has 0 aliphatic carbocycles. The normalized spacial score (nSPS) is 13.9. The van der Waals surface area contributed by atoms with Crippen molar-refractivity contribution in [1.82, 2.24) is 4.98 Å². The van der Waals surface area contributed by atoms with Crippen LogP contribution in [-0.2, 0) is 6.42 Å². The fourth-order valence-electron chi connectivity index (χ4n) is 1.52. The van der Waals surface area contributed by atoms with E-state index in [1.54, 1.807) is 18.2 Å². The van der Waals surface area contributed by atoms with Crippen LogP contribution in [0.3, 0.4) is 0 Å². The molecule has 0 bridgehead atoms. The molecule has 17 heavy (non-hydrogen) atoms. The van der Waals surface area contributed by atoms with Crippen molar-refractivity contribution in [3.8, 4) is 0 Å². The number of para-hydroxylation sites is 1. The summed E-state index contributed by atoms with van der Waals surface area (Å²) in [5, 5.41) is 0.925. The molecule has 0 saturated carbocycles. The number of nitrogens with zero attached hydrogens (tertiary/aromatic N) is 1. The van der Waals surface area contributed by atoms with Crippen molar-refractivity contribution in [2.24, 2.45) is 0 Å². The van der Waals surface area contributed by atoms with Gasteiger partial charge < -0.3 is 0 Å². The van der Waals surface area contributed by atoms with Gasteiger partial charge in [0, 0.05) is 17.5 Å². The van der Waals surface area contributed by atoms with Crippen LogP contribution >= 0.6 is 15.9 Å². The molecule has 90 valence electrons. The average Bonchev–Trinajstić information content (AvgIpc) is 2.27. The van der Waals surface area contributed by atoms with Crippen molar-refractivity contribution < 1.29 is 13.2 Å². The second-order valence-electron chi connectivity index (χ2n) is 3.71. The summed E-state index contributed by atoms with van der Waals surface area (Å²) in [4.78, 5) is 2.65. The highest BCUT2D eigenvalue weighted by Gasteiger charge is 2.37. The maximum absolute atomic E-state index is 12.4. The summed E-state index contributed by atoms with van der Waals surface area (Å²) < 4.78 is 37.1. The molecule has 1 atom stereocenters. The first-order valence-electron chi connectivity index (χ1n) is 5.02. The Labute approximate surface area is 105 Å². The standard InChI is InChI=1S/C12H9BrF3N/c13-11(12(14,15)16)7-9-6-5-8-3-1-2-4-10(8)17-9/h1-6,11H,7H2. The molecule has 1 nitrogen and oxygen atoms in total. The first-order chi connectivity index (χ1) is 7.97. The first kappa shape index (κ1) is 12.4. The fourth-order valence-corrected chi connectivity index (χ4v) is 1.85. The zero-order chi connectivity index (χ0) is 12.5. The Morgan fingerprint density at radius 1 is 1.12 bits per heavy atom. The van der Waals surface area contributed by atoms with Crippen molar-refractivity contribution in [3.63, 3.8) is 0 Å². The summed E-state index contributed by atoms with van der Waals surface area (Å²) in [6.07, 6.45) is -4.40. The monoisotopic (exact) mass is 303 g/mol. The van der Waals surface area contributed by atoms with Crippen molar-refractivity contribution in [3.05, 3.63) is 42.1 Å². The molecule has 0 aliphatic heterocycles. The van der Waals surface area contributed by atoms with Gasteiger partial charge in [-0.2, -0.15) is 13.2 Å². The highest BCUT2D eigenvalue weighted by molar-refractivity contribution is 9.09. The van der Waals surface area contributed by atoms with Crippen LogP contribution in [0.1, 0.15) is 5.69 Å². The predicted octanol–water partition coefficient (Wildman–Crippen LogP) is 4.10. The Balaban J connectivity index is 2.25. The minimum Gasteiger partial charge on any atom is -0.253 e. The second kappa shape index (κ2) is 4.64. The molecule has 0 spiro atoms. The zero-order valence-electron chi connectivity index (χ0n) is 8.71. The van der Waals surface area contributed by atoms with Gasteiger partial charge in [-0.05, 0) is 12.1 Å². The van der Waals surface area contributed by atoms with Crippen LogP contribution in [-0.4, -0.2) is 16.0 Å². The quantitative estimate of drug-likeness (QED) is 0.761. The third-order valence-electron chi connectivity index (χ3n) is 2.40.